The van der Waals surface area contributed by atoms with Crippen LogP contribution >= 0.6 is 8.38 Å². The summed E-state index contributed by atoms with van der Waals surface area (Å²) < 4.78 is 18.0. The van der Waals surface area contributed by atoms with Crippen molar-refractivity contribution in [2.75, 3.05) is 14.2 Å². The predicted octanol–water partition coefficient (Wildman–Crippen LogP) is 5.69. The number of hydrogen-bond donors (Lipinski definition) is 0. The molecule has 0 saturated heterocycles. The highest BCUT2D eigenvalue weighted by atomic mass is 31.2. The molecule has 0 bridgehead atoms. The Labute approximate surface area is 149 Å². The van der Waals surface area contributed by atoms with Crippen molar-refractivity contribution in [3.8, 4) is 11.5 Å². The molecule has 3 nitrogen and oxygen atoms in total. The molecule has 0 aliphatic carbocycles. The lowest BCUT2D eigenvalue weighted by molar-refractivity contribution is 0.318. The molecule has 3 aromatic rings. The van der Waals surface area contributed by atoms with Crippen LogP contribution in [0.4, 0.5) is 0 Å². The molecular formula is C21H19O3P. The van der Waals surface area contributed by atoms with Crippen molar-refractivity contribution in [1.82, 2.24) is 0 Å². The van der Waals surface area contributed by atoms with E-state index in [9.17, 15) is 0 Å². The van der Waals surface area contributed by atoms with E-state index in [-0.39, 0.29) is 0 Å². The Morgan fingerprint density at radius 2 is 1.16 bits per heavy atom. The van der Waals surface area contributed by atoms with E-state index in [2.05, 4.69) is 36.4 Å². The van der Waals surface area contributed by atoms with Crippen LogP contribution in [0, 0.1) is 0 Å². The third-order valence-corrected chi connectivity index (χ3v) is 6.52. The topological polar surface area (TPSA) is 27.7 Å². The summed E-state index contributed by atoms with van der Waals surface area (Å²) in [7, 11) is 2.13. The van der Waals surface area contributed by atoms with E-state index < -0.39 is 13.5 Å². The van der Waals surface area contributed by atoms with Gasteiger partial charge in [-0.3, -0.25) is 0 Å². The van der Waals surface area contributed by atoms with Crippen LogP contribution in [0.15, 0.2) is 78.9 Å². The molecule has 25 heavy (non-hydrogen) atoms. The van der Waals surface area contributed by atoms with Gasteiger partial charge < -0.3 is 13.8 Å². The van der Waals surface area contributed by atoms with Gasteiger partial charge in [0.25, 0.3) is 0 Å². The van der Waals surface area contributed by atoms with E-state index >= 15 is 0 Å². The van der Waals surface area contributed by atoms with Crippen molar-refractivity contribution in [2.24, 2.45) is 0 Å². The summed E-state index contributed by atoms with van der Waals surface area (Å²) in [5, 5.41) is -0.550. The first-order chi connectivity index (χ1) is 12.3. The zero-order valence-electron chi connectivity index (χ0n) is 14.2. The number of hydrogen-bond acceptors (Lipinski definition) is 3. The van der Waals surface area contributed by atoms with Gasteiger partial charge in [0.1, 0.15) is 16.7 Å². The Bertz CT molecular complexity index is 830. The lowest BCUT2D eigenvalue weighted by Gasteiger charge is -2.43. The highest BCUT2D eigenvalue weighted by Crippen LogP contribution is 2.68. The maximum Gasteiger partial charge on any atom is 0.191 e. The summed E-state index contributed by atoms with van der Waals surface area (Å²) in [6.45, 7) is 0. The molecule has 1 aliphatic heterocycles. The molecule has 0 fully saturated rings. The molecule has 3 aromatic carbocycles. The third-order valence-electron chi connectivity index (χ3n) is 4.57. The van der Waals surface area contributed by atoms with Crippen LogP contribution in [0.2, 0.25) is 0 Å². The molecule has 0 atom stereocenters. The number of rotatable bonds is 4. The second-order valence-corrected chi connectivity index (χ2v) is 7.71. The number of para-hydroxylation sites is 2. The minimum atomic E-state index is -1.29. The van der Waals surface area contributed by atoms with Crippen LogP contribution in [0.1, 0.15) is 16.7 Å². The third kappa shape index (κ3) is 2.39. The fourth-order valence-corrected chi connectivity index (χ4v) is 5.43. The first-order valence-corrected chi connectivity index (χ1v) is 9.31. The molecule has 0 radical (unpaired) electrons. The SMILES string of the molecule is COP(OC)C1(c2ccccc2)c2ccccc2Oc2ccccc21. The molecule has 0 spiro atoms. The lowest BCUT2D eigenvalue weighted by Crippen LogP contribution is -2.32. The van der Waals surface area contributed by atoms with Crippen LogP contribution in [0.25, 0.3) is 0 Å². The summed E-state index contributed by atoms with van der Waals surface area (Å²) in [5.41, 5.74) is 3.26. The monoisotopic (exact) mass is 350 g/mol. The fourth-order valence-electron chi connectivity index (χ4n) is 3.61. The Morgan fingerprint density at radius 3 is 1.68 bits per heavy atom. The standard InChI is InChI=1S/C21H19O3P/c1-22-25(23-2)21(16-10-4-3-5-11-16)17-12-6-8-14-19(17)24-20-15-9-7-13-18(20)21/h3-15H,1-2H3. The predicted molar refractivity (Wildman–Crippen MR) is 100 cm³/mol. The Hall–Kier alpha value is -2.19. The molecule has 4 rings (SSSR count). The second-order valence-electron chi connectivity index (χ2n) is 5.79. The minimum absolute atomic E-state index is 0.550. The number of benzene rings is 3. The number of fused-ring (bicyclic) bond motifs is 2. The maximum absolute atomic E-state index is 6.19. The van der Waals surface area contributed by atoms with E-state index in [1.165, 1.54) is 0 Å². The van der Waals surface area contributed by atoms with Gasteiger partial charge in [-0.15, -0.1) is 0 Å². The van der Waals surface area contributed by atoms with Gasteiger partial charge in [0.15, 0.2) is 8.38 Å². The molecule has 126 valence electrons. The minimum Gasteiger partial charge on any atom is -0.457 e. The first-order valence-electron chi connectivity index (χ1n) is 8.13. The van der Waals surface area contributed by atoms with Gasteiger partial charge in [-0.2, -0.15) is 0 Å². The van der Waals surface area contributed by atoms with Crippen molar-refractivity contribution in [1.29, 1.82) is 0 Å². The fraction of sp³-hybridized carbons (Fsp3) is 0.143. The van der Waals surface area contributed by atoms with Crippen molar-refractivity contribution in [2.45, 2.75) is 5.16 Å². The Balaban J connectivity index is 2.13. The lowest BCUT2D eigenvalue weighted by atomic mass is 9.81. The van der Waals surface area contributed by atoms with Crippen LogP contribution in [0.3, 0.4) is 0 Å². The van der Waals surface area contributed by atoms with Crippen LogP contribution in [-0.2, 0) is 14.2 Å². The molecule has 1 aliphatic rings. The van der Waals surface area contributed by atoms with Gasteiger partial charge in [-0.05, 0) is 17.7 Å². The highest BCUT2D eigenvalue weighted by Gasteiger charge is 2.51. The smallest absolute Gasteiger partial charge is 0.191 e. The summed E-state index contributed by atoms with van der Waals surface area (Å²) in [6.07, 6.45) is 0. The molecule has 0 amide bonds. The van der Waals surface area contributed by atoms with Crippen LogP contribution in [-0.4, -0.2) is 14.2 Å². The van der Waals surface area contributed by atoms with Crippen molar-refractivity contribution < 1.29 is 13.8 Å². The van der Waals surface area contributed by atoms with E-state index in [0.29, 0.717) is 0 Å². The van der Waals surface area contributed by atoms with E-state index in [1.807, 2.05) is 42.5 Å². The summed E-state index contributed by atoms with van der Waals surface area (Å²) in [6, 6.07) is 26.6. The normalized spacial score (nSPS) is 14.5. The van der Waals surface area contributed by atoms with Crippen molar-refractivity contribution >= 4 is 8.38 Å². The first kappa shape index (κ1) is 16.3. The van der Waals surface area contributed by atoms with Crippen LogP contribution in [0.5, 0.6) is 11.5 Å². The average Bonchev–Trinajstić information content (AvgIpc) is 2.69. The zero-order valence-corrected chi connectivity index (χ0v) is 15.1. The van der Waals surface area contributed by atoms with Gasteiger partial charge in [0, 0.05) is 25.3 Å². The second kappa shape index (κ2) is 6.61. The quantitative estimate of drug-likeness (QED) is 0.566. The number of ether oxygens (including phenoxy) is 1. The van der Waals surface area contributed by atoms with Gasteiger partial charge in [0.05, 0.1) is 0 Å². The summed E-state index contributed by atoms with van der Waals surface area (Å²) in [4.78, 5) is 0. The maximum atomic E-state index is 6.19. The molecule has 0 saturated carbocycles. The summed E-state index contributed by atoms with van der Waals surface area (Å²) >= 11 is 0. The molecule has 0 aromatic heterocycles. The van der Waals surface area contributed by atoms with E-state index in [1.54, 1.807) is 14.2 Å². The van der Waals surface area contributed by atoms with E-state index in [0.717, 1.165) is 28.2 Å². The molecule has 1 heterocycles. The summed E-state index contributed by atoms with van der Waals surface area (Å²) in [5.74, 6) is 1.68. The van der Waals surface area contributed by atoms with Gasteiger partial charge in [-0.25, -0.2) is 0 Å². The van der Waals surface area contributed by atoms with Crippen molar-refractivity contribution in [3.63, 3.8) is 0 Å². The van der Waals surface area contributed by atoms with Gasteiger partial charge in [0.2, 0.25) is 0 Å². The zero-order chi connectivity index (χ0) is 17.3. The van der Waals surface area contributed by atoms with Crippen molar-refractivity contribution in [3.05, 3.63) is 95.6 Å². The Morgan fingerprint density at radius 1 is 0.680 bits per heavy atom. The van der Waals surface area contributed by atoms with Crippen LogP contribution < -0.4 is 4.74 Å². The average molecular weight is 350 g/mol. The Kier molecular flexibility index (Phi) is 4.30. The largest absolute Gasteiger partial charge is 0.457 e. The highest BCUT2D eigenvalue weighted by molar-refractivity contribution is 7.49. The van der Waals surface area contributed by atoms with Gasteiger partial charge >= 0.3 is 0 Å². The molecule has 0 N–H and O–H groups in total. The molecule has 0 unspecified atom stereocenters. The molecular weight excluding hydrogens is 331 g/mol. The molecule has 4 heteroatoms. The van der Waals surface area contributed by atoms with E-state index in [4.69, 9.17) is 13.8 Å². The van der Waals surface area contributed by atoms with Gasteiger partial charge in [-0.1, -0.05) is 66.7 Å².